The monoisotopic (exact) mass is 229 g/mol. The number of rotatable bonds is 8. The average Bonchev–Trinajstić information content (AvgIpc) is 2.20. The normalized spacial score (nSPS) is 10.2. The molecule has 0 aliphatic rings. The zero-order chi connectivity index (χ0) is 12.4. The molecule has 16 heavy (non-hydrogen) atoms. The molecule has 0 spiro atoms. The molecule has 0 bridgehead atoms. The Bertz CT molecular complexity index is 217. The van der Waals surface area contributed by atoms with Crippen molar-refractivity contribution in [1.29, 1.82) is 0 Å². The van der Waals surface area contributed by atoms with Crippen LogP contribution in [0.25, 0.3) is 0 Å². The van der Waals surface area contributed by atoms with E-state index in [1.54, 1.807) is 4.90 Å². The van der Waals surface area contributed by atoms with Gasteiger partial charge in [0.15, 0.2) is 0 Å². The van der Waals surface area contributed by atoms with Gasteiger partial charge in [-0.2, -0.15) is 0 Å². The first kappa shape index (κ1) is 14.9. The molecule has 2 N–H and O–H groups in total. The maximum Gasteiger partial charge on any atom is 0.234 e. The molecule has 0 saturated carbocycles. The first-order valence-electron chi connectivity index (χ1n) is 5.74. The van der Waals surface area contributed by atoms with Crippen molar-refractivity contribution in [2.45, 2.75) is 26.2 Å². The van der Waals surface area contributed by atoms with E-state index in [2.05, 4.69) is 17.6 Å². The summed E-state index contributed by atoms with van der Waals surface area (Å²) in [7, 11) is 3.68. The molecule has 0 aliphatic heterocycles. The molecule has 0 fully saturated rings. The van der Waals surface area contributed by atoms with Crippen LogP contribution in [-0.4, -0.2) is 50.4 Å². The van der Waals surface area contributed by atoms with Gasteiger partial charge in [0.1, 0.15) is 0 Å². The van der Waals surface area contributed by atoms with Crippen LogP contribution in [0, 0.1) is 0 Å². The molecular formula is C11H23N3O2. The highest BCUT2D eigenvalue weighted by atomic mass is 16.2. The minimum Gasteiger partial charge on any atom is -0.354 e. The molecule has 2 amide bonds. The Labute approximate surface area is 97.6 Å². The first-order chi connectivity index (χ1) is 7.56. The third kappa shape index (κ3) is 9.45. The Morgan fingerprint density at radius 3 is 2.12 bits per heavy atom. The van der Waals surface area contributed by atoms with Gasteiger partial charge in [-0.15, -0.1) is 0 Å². The molecule has 0 rings (SSSR count). The summed E-state index contributed by atoms with van der Waals surface area (Å²) >= 11 is 0. The Morgan fingerprint density at radius 1 is 1.06 bits per heavy atom. The average molecular weight is 229 g/mol. The van der Waals surface area contributed by atoms with E-state index in [9.17, 15) is 9.59 Å². The SMILES string of the molecule is CCCCC(=O)NCCNC(=O)CN(C)C. The van der Waals surface area contributed by atoms with Gasteiger partial charge in [0.25, 0.3) is 0 Å². The van der Waals surface area contributed by atoms with Gasteiger partial charge in [0, 0.05) is 19.5 Å². The molecule has 0 heterocycles. The third-order valence-electron chi connectivity index (χ3n) is 1.99. The molecule has 0 saturated heterocycles. The summed E-state index contributed by atoms with van der Waals surface area (Å²) in [5.41, 5.74) is 0. The largest absolute Gasteiger partial charge is 0.354 e. The lowest BCUT2D eigenvalue weighted by atomic mass is 10.2. The number of unbranched alkanes of at least 4 members (excludes halogenated alkanes) is 1. The van der Waals surface area contributed by atoms with E-state index in [1.165, 1.54) is 0 Å². The fraction of sp³-hybridized carbons (Fsp3) is 0.818. The summed E-state index contributed by atoms with van der Waals surface area (Å²) in [6.45, 7) is 3.42. The molecule has 0 aromatic carbocycles. The Balaban J connectivity index is 3.38. The van der Waals surface area contributed by atoms with E-state index in [1.807, 2.05) is 14.1 Å². The van der Waals surface area contributed by atoms with Crippen LogP contribution in [0.1, 0.15) is 26.2 Å². The molecule has 0 radical (unpaired) electrons. The van der Waals surface area contributed by atoms with Gasteiger partial charge < -0.3 is 15.5 Å². The van der Waals surface area contributed by atoms with Crippen molar-refractivity contribution in [2.75, 3.05) is 33.7 Å². The van der Waals surface area contributed by atoms with Gasteiger partial charge in [0.05, 0.1) is 6.54 Å². The number of carbonyl (C=O) groups excluding carboxylic acids is 2. The molecule has 94 valence electrons. The van der Waals surface area contributed by atoms with Crippen molar-refractivity contribution in [1.82, 2.24) is 15.5 Å². The quantitative estimate of drug-likeness (QED) is 0.575. The fourth-order valence-electron chi connectivity index (χ4n) is 1.17. The second-order valence-electron chi connectivity index (χ2n) is 4.04. The fourth-order valence-corrected chi connectivity index (χ4v) is 1.17. The topological polar surface area (TPSA) is 61.4 Å². The highest BCUT2D eigenvalue weighted by Gasteiger charge is 2.02. The van der Waals surface area contributed by atoms with Gasteiger partial charge in [-0.25, -0.2) is 0 Å². The predicted octanol–water partition coefficient (Wildman–Crippen LogP) is -0.0294. The van der Waals surface area contributed by atoms with Crippen molar-refractivity contribution in [3.63, 3.8) is 0 Å². The number of carbonyl (C=O) groups is 2. The van der Waals surface area contributed by atoms with Crippen LogP contribution < -0.4 is 10.6 Å². The molecule has 0 unspecified atom stereocenters. The van der Waals surface area contributed by atoms with Gasteiger partial charge in [-0.1, -0.05) is 13.3 Å². The smallest absolute Gasteiger partial charge is 0.234 e. The van der Waals surface area contributed by atoms with Crippen LogP contribution in [-0.2, 0) is 9.59 Å². The maximum absolute atomic E-state index is 11.2. The van der Waals surface area contributed by atoms with Crippen molar-refractivity contribution in [3.05, 3.63) is 0 Å². The molecule has 5 nitrogen and oxygen atoms in total. The van der Waals surface area contributed by atoms with Crippen molar-refractivity contribution < 1.29 is 9.59 Å². The Kier molecular flexibility index (Phi) is 8.52. The molecule has 5 heteroatoms. The molecule has 0 atom stereocenters. The number of hydrogen-bond donors (Lipinski definition) is 2. The number of nitrogens with one attached hydrogen (secondary N) is 2. The number of likely N-dealkylation sites (N-methyl/N-ethyl adjacent to an activating group) is 1. The van der Waals surface area contributed by atoms with Crippen LogP contribution in [0.2, 0.25) is 0 Å². The number of hydrogen-bond acceptors (Lipinski definition) is 3. The van der Waals surface area contributed by atoms with E-state index in [4.69, 9.17) is 0 Å². The van der Waals surface area contributed by atoms with E-state index in [-0.39, 0.29) is 11.8 Å². The molecule has 0 aliphatic carbocycles. The minimum atomic E-state index is -0.0205. The zero-order valence-corrected chi connectivity index (χ0v) is 10.5. The lowest BCUT2D eigenvalue weighted by Crippen LogP contribution is -2.38. The van der Waals surface area contributed by atoms with Crippen molar-refractivity contribution >= 4 is 11.8 Å². The van der Waals surface area contributed by atoms with Crippen LogP contribution in [0.5, 0.6) is 0 Å². The summed E-state index contributed by atoms with van der Waals surface area (Å²) in [4.78, 5) is 24.2. The van der Waals surface area contributed by atoms with Crippen LogP contribution in [0.3, 0.4) is 0 Å². The third-order valence-corrected chi connectivity index (χ3v) is 1.99. The zero-order valence-electron chi connectivity index (χ0n) is 10.5. The van der Waals surface area contributed by atoms with Gasteiger partial charge in [-0.3, -0.25) is 9.59 Å². The minimum absolute atomic E-state index is 0.0205. The van der Waals surface area contributed by atoms with Gasteiger partial charge >= 0.3 is 0 Å². The molecular weight excluding hydrogens is 206 g/mol. The number of nitrogens with zero attached hydrogens (tertiary/aromatic N) is 1. The second kappa shape index (κ2) is 9.15. The van der Waals surface area contributed by atoms with Gasteiger partial charge in [0.2, 0.25) is 11.8 Å². The molecule has 0 aromatic rings. The number of amides is 2. The lowest BCUT2D eigenvalue weighted by molar-refractivity contribution is -0.123. The summed E-state index contributed by atoms with van der Waals surface area (Å²) < 4.78 is 0. The van der Waals surface area contributed by atoms with Crippen LogP contribution >= 0.6 is 0 Å². The Morgan fingerprint density at radius 2 is 1.62 bits per heavy atom. The van der Waals surface area contributed by atoms with E-state index >= 15 is 0 Å². The Hall–Kier alpha value is -1.10. The standard InChI is InChI=1S/C11H23N3O2/c1-4-5-6-10(15)12-7-8-13-11(16)9-14(2)3/h4-9H2,1-3H3,(H,12,15)(H,13,16). The highest BCUT2D eigenvalue weighted by molar-refractivity contribution is 5.78. The van der Waals surface area contributed by atoms with Crippen LogP contribution in [0.15, 0.2) is 0 Å². The van der Waals surface area contributed by atoms with E-state index in [0.717, 1.165) is 12.8 Å². The molecule has 0 aromatic heterocycles. The second-order valence-corrected chi connectivity index (χ2v) is 4.04. The predicted molar refractivity (Wildman–Crippen MR) is 64.1 cm³/mol. The van der Waals surface area contributed by atoms with Crippen molar-refractivity contribution in [3.8, 4) is 0 Å². The maximum atomic E-state index is 11.2. The summed E-state index contributed by atoms with van der Waals surface area (Å²) in [6, 6.07) is 0. The first-order valence-corrected chi connectivity index (χ1v) is 5.74. The summed E-state index contributed by atoms with van der Waals surface area (Å²) in [5, 5.41) is 5.49. The van der Waals surface area contributed by atoms with E-state index in [0.29, 0.717) is 26.1 Å². The van der Waals surface area contributed by atoms with E-state index < -0.39 is 0 Å². The lowest BCUT2D eigenvalue weighted by Gasteiger charge is -2.10. The van der Waals surface area contributed by atoms with Crippen LogP contribution in [0.4, 0.5) is 0 Å². The summed E-state index contributed by atoms with van der Waals surface area (Å²) in [5.74, 6) is 0.0384. The van der Waals surface area contributed by atoms with Gasteiger partial charge in [-0.05, 0) is 20.5 Å². The van der Waals surface area contributed by atoms with Crippen molar-refractivity contribution in [2.24, 2.45) is 0 Å². The highest BCUT2D eigenvalue weighted by Crippen LogP contribution is 1.92. The summed E-state index contributed by atoms with van der Waals surface area (Å²) in [6.07, 6.45) is 2.51.